The predicted octanol–water partition coefficient (Wildman–Crippen LogP) is 4.02. The predicted molar refractivity (Wildman–Crippen MR) is 117 cm³/mol. The first-order chi connectivity index (χ1) is 15.2. The van der Waals surface area contributed by atoms with Crippen molar-refractivity contribution in [2.75, 3.05) is 26.2 Å². The van der Waals surface area contributed by atoms with Crippen LogP contribution in [0.3, 0.4) is 0 Å². The van der Waals surface area contributed by atoms with Gasteiger partial charge in [0, 0.05) is 37.3 Å². The van der Waals surface area contributed by atoms with Crippen molar-refractivity contribution < 1.29 is 8.94 Å². The van der Waals surface area contributed by atoms with Gasteiger partial charge in [-0.15, -0.1) is 0 Å². The lowest BCUT2D eigenvalue weighted by Gasteiger charge is -2.33. The standard InChI is InChI=1S/C24H25N5O2/c1-18-7-9-20(10-8-18)24-26-23(31-27-24)17-29-13-11-28(12-14-29)16-22-25-15-21(30-22)19-5-3-2-4-6-19/h2-10,15H,11-14,16-17H2,1H3. The molecule has 1 aliphatic heterocycles. The average Bonchev–Trinajstić information content (AvgIpc) is 3.46. The second kappa shape index (κ2) is 8.83. The Balaban J connectivity index is 1.13. The van der Waals surface area contributed by atoms with E-state index in [0.717, 1.165) is 55.5 Å². The summed E-state index contributed by atoms with van der Waals surface area (Å²) in [4.78, 5) is 13.7. The molecular weight excluding hydrogens is 390 g/mol. The van der Waals surface area contributed by atoms with Crippen molar-refractivity contribution in [1.82, 2.24) is 24.9 Å². The van der Waals surface area contributed by atoms with Crippen LogP contribution in [0.2, 0.25) is 0 Å². The molecule has 0 N–H and O–H groups in total. The Morgan fingerprint density at radius 2 is 1.48 bits per heavy atom. The van der Waals surface area contributed by atoms with Crippen LogP contribution in [0.4, 0.5) is 0 Å². The van der Waals surface area contributed by atoms with Crippen LogP contribution in [0.25, 0.3) is 22.7 Å². The zero-order valence-corrected chi connectivity index (χ0v) is 17.6. The van der Waals surface area contributed by atoms with Gasteiger partial charge in [0.2, 0.25) is 17.6 Å². The maximum absolute atomic E-state index is 5.95. The van der Waals surface area contributed by atoms with Gasteiger partial charge in [-0.25, -0.2) is 4.98 Å². The summed E-state index contributed by atoms with van der Waals surface area (Å²) in [6.45, 7) is 7.23. The van der Waals surface area contributed by atoms with Gasteiger partial charge in [-0.3, -0.25) is 9.80 Å². The summed E-state index contributed by atoms with van der Waals surface area (Å²) in [7, 11) is 0. The highest BCUT2D eigenvalue weighted by Crippen LogP contribution is 2.21. The highest BCUT2D eigenvalue weighted by atomic mass is 16.5. The molecule has 158 valence electrons. The number of hydrogen-bond donors (Lipinski definition) is 0. The molecule has 4 aromatic rings. The van der Waals surface area contributed by atoms with Crippen molar-refractivity contribution >= 4 is 0 Å². The highest BCUT2D eigenvalue weighted by Gasteiger charge is 2.21. The monoisotopic (exact) mass is 415 g/mol. The minimum Gasteiger partial charge on any atom is -0.439 e. The number of piperazine rings is 1. The van der Waals surface area contributed by atoms with Crippen molar-refractivity contribution in [2.24, 2.45) is 0 Å². The maximum atomic E-state index is 5.95. The molecule has 31 heavy (non-hydrogen) atoms. The fourth-order valence-corrected chi connectivity index (χ4v) is 3.75. The molecular formula is C24H25N5O2. The molecule has 7 heteroatoms. The molecule has 1 saturated heterocycles. The van der Waals surface area contributed by atoms with Crippen molar-refractivity contribution in [3.63, 3.8) is 0 Å². The third kappa shape index (κ3) is 4.73. The molecule has 0 amide bonds. The van der Waals surface area contributed by atoms with E-state index in [0.29, 0.717) is 18.3 Å². The van der Waals surface area contributed by atoms with Gasteiger partial charge in [0.15, 0.2) is 5.76 Å². The van der Waals surface area contributed by atoms with E-state index in [4.69, 9.17) is 8.94 Å². The lowest BCUT2D eigenvalue weighted by Crippen LogP contribution is -2.45. The maximum Gasteiger partial charge on any atom is 0.241 e. The van der Waals surface area contributed by atoms with Crippen LogP contribution in [-0.2, 0) is 13.1 Å². The normalized spacial score (nSPS) is 15.4. The lowest BCUT2D eigenvalue weighted by molar-refractivity contribution is 0.106. The summed E-state index contributed by atoms with van der Waals surface area (Å²) in [5, 5.41) is 4.14. The van der Waals surface area contributed by atoms with Gasteiger partial charge >= 0.3 is 0 Å². The Bertz CT molecular complexity index is 1110. The Kier molecular flexibility index (Phi) is 5.60. The second-order valence-electron chi connectivity index (χ2n) is 7.91. The van der Waals surface area contributed by atoms with Crippen LogP contribution in [0.5, 0.6) is 0 Å². The van der Waals surface area contributed by atoms with E-state index in [-0.39, 0.29) is 0 Å². The SMILES string of the molecule is Cc1ccc(-c2noc(CN3CCN(Cc4ncc(-c5ccccc5)o4)CC3)n2)cc1. The van der Waals surface area contributed by atoms with E-state index in [1.54, 1.807) is 0 Å². The number of aryl methyl sites for hydroxylation is 1. The minimum atomic E-state index is 0.645. The van der Waals surface area contributed by atoms with E-state index in [1.807, 2.05) is 48.7 Å². The van der Waals surface area contributed by atoms with E-state index in [9.17, 15) is 0 Å². The number of aromatic nitrogens is 3. The largest absolute Gasteiger partial charge is 0.439 e. The Morgan fingerprint density at radius 1 is 0.806 bits per heavy atom. The van der Waals surface area contributed by atoms with Crippen LogP contribution in [0.15, 0.2) is 69.7 Å². The Morgan fingerprint density at radius 3 is 2.19 bits per heavy atom. The van der Waals surface area contributed by atoms with Crippen LogP contribution in [0, 0.1) is 6.92 Å². The molecule has 3 heterocycles. The molecule has 0 radical (unpaired) electrons. The molecule has 0 aliphatic carbocycles. The van der Waals surface area contributed by atoms with Crippen LogP contribution >= 0.6 is 0 Å². The molecule has 1 fully saturated rings. The van der Waals surface area contributed by atoms with E-state index in [2.05, 4.69) is 44.0 Å². The minimum absolute atomic E-state index is 0.645. The smallest absolute Gasteiger partial charge is 0.241 e. The zero-order valence-electron chi connectivity index (χ0n) is 17.6. The van der Waals surface area contributed by atoms with Gasteiger partial charge in [0.1, 0.15) is 0 Å². The van der Waals surface area contributed by atoms with Gasteiger partial charge in [0.05, 0.1) is 19.3 Å². The lowest BCUT2D eigenvalue weighted by atomic mass is 10.1. The average molecular weight is 415 g/mol. The summed E-state index contributed by atoms with van der Waals surface area (Å²) in [6, 6.07) is 18.2. The number of rotatable bonds is 6. The van der Waals surface area contributed by atoms with E-state index >= 15 is 0 Å². The number of oxazole rings is 1. The topological polar surface area (TPSA) is 71.4 Å². The zero-order chi connectivity index (χ0) is 21.0. The van der Waals surface area contributed by atoms with Crippen molar-refractivity contribution in [2.45, 2.75) is 20.0 Å². The molecule has 7 nitrogen and oxygen atoms in total. The first-order valence-electron chi connectivity index (χ1n) is 10.6. The van der Waals surface area contributed by atoms with Crippen LogP contribution < -0.4 is 0 Å². The number of hydrogen-bond acceptors (Lipinski definition) is 7. The van der Waals surface area contributed by atoms with Gasteiger partial charge in [-0.1, -0.05) is 65.3 Å². The number of nitrogens with zero attached hydrogens (tertiary/aromatic N) is 5. The van der Waals surface area contributed by atoms with Crippen molar-refractivity contribution in [3.05, 3.63) is 78.1 Å². The molecule has 0 atom stereocenters. The number of benzene rings is 2. The molecule has 5 rings (SSSR count). The first kappa shape index (κ1) is 19.7. The van der Waals surface area contributed by atoms with E-state index in [1.165, 1.54) is 5.56 Å². The molecule has 0 saturated carbocycles. The molecule has 0 bridgehead atoms. The summed E-state index contributed by atoms with van der Waals surface area (Å²) in [6.07, 6.45) is 1.81. The fourth-order valence-electron chi connectivity index (χ4n) is 3.75. The van der Waals surface area contributed by atoms with Crippen LogP contribution in [-0.4, -0.2) is 51.1 Å². The van der Waals surface area contributed by atoms with Gasteiger partial charge in [-0.2, -0.15) is 4.98 Å². The quantitative estimate of drug-likeness (QED) is 0.471. The van der Waals surface area contributed by atoms with Crippen LogP contribution in [0.1, 0.15) is 17.3 Å². The molecule has 0 spiro atoms. The molecule has 0 unspecified atom stereocenters. The third-order valence-corrected chi connectivity index (χ3v) is 5.57. The van der Waals surface area contributed by atoms with Gasteiger partial charge < -0.3 is 8.94 Å². The summed E-state index contributed by atoms with van der Waals surface area (Å²) >= 11 is 0. The summed E-state index contributed by atoms with van der Waals surface area (Å²) in [5.41, 5.74) is 3.24. The Hall–Kier alpha value is -3.29. The summed E-state index contributed by atoms with van der Waals surface area (Å²) in [5.74, 6) is 2.87. The van der Waals surface area contributed by atoms with Gasteiger partial charge in [-0.05, 0) is 6.92 Å². The molecule has 1 aliphatic rings. The first-order valence-corrected chi connectivity index (χ1v) is 10.6. The summed E-state index contributed by atoms with van der Waals surface area (Å²) < 4.78 is 11.4. The molecule has 2 aromatic carbocycles. The molecule has 2 aromatic heterocycles. The van der Waals surface area contributed by atoms with Crippen molar-refractivity contribution in [1.29, 1.82) is 0 Å². The second-order valence-corrected chi connectivity index (χ2v) is 7.91. The Labute approximate surface area is 181 Å². The van der Waals surface area contributed by atoms with Gasteiger partial charge in [0.25, 0.3) is 0 Å². The fraction of sp³-hybridized carbons (Fsp3) is 0.292. The highest BCUT2D eigenvalue weighted by molar-refractivity contribution is 5.56. The van der Waals surface area contributed by atoms with E-state index < -0.39 is 0 Å². The third-order valence-electron chi connectivity index (χ3n) is 5.57. The van der Waals surface area contributed by atoms with Crippen molar-refractivity contribution in [3.8, 4) is 22.7 Å².